The summed E-state index contributed by atoms with van der Waals surface area (Å²) in [7, 11) is 0. The molecule has 0 amide bonds. The average Bonchev–Trinajstić information content (AvgIpc) is 3.17. The second kappa shape index (κ2) is 6.24. The van der Waals surface area contributed by atoms with Crippen LogP contribution in [-0.2, 0) is 0 Å². The largest absolute Gasteiger partial charge is 0.495 e. The summed E-state index contributed by atoms with van der Waals surface area (Å²) in [4.78, 5) is 3.12. The monoisotopic (exact) mass is 365 g/mol. The van der Waals surface area contributed by atoms with Gasteiger partial charge < -0.3 is 10.1 Å². The predicted octanol–water partition coefficient (Wildman–Crippen LogP) is 4.82. The molecule has 0 aliphatic carbocycles. The maximum Gasteiger partial charge on any atom is 0.236 e. The number of anilines is 1. The summed E-state index contributed by atoms with van der Waals surface area (Å²) in [6, 6.07) is 15.6. The molecule has 130 valence electrons. The van der Waals surface area contributed by atoms with Gasteiger partial charge in [0.2, 0.25) is 5.95 Å². The number of aromatic nitrogens is 4. The Morgan fingerprint density at radius 3 is 2.77 bits per heavy atom. The highest BCUT2D eigenvalue weighted by molar-refractivity contribution is 6.30. The van der Waals surface area contributed by atoms with Crippen LogP contribution in [0.25, 0.3) is 28.0 Å². The van der Waals surface area contributed by atoms with Crippen molar-refractivity contribution in [3.63, 3.8) is 0 Å². The van der Waals surface area contributed by atoms with Gasteiger partial charge in [0.25, 0.3) is 0 Å². The van der Waals surface area contributed by atoms with Gasteiger partial charge in [0, 0.05) is 16.5 Å². The standard InChI is InChI=1S/C19H16ClN5O/c1-11-6-3-4-7-13(11)18-23-24-19(21-12(2)26)25(18)16-9-5-8-15-14(16)10-17(20)22-15/h3-10,22,26H,2H2,1H3,(H,21,24). The number of rotatable bonds is 4. The number of aliphatic hydroxyl groups is 1. The number of halogens is 1. The van der Waals surface area contributed by atoms with Crippen LogP contribution in [0.1, 0.15) is 5.56 Å². The van der Waals surface area contributed by atoms with Crippen molar-refractivity contribution in [2.75, 3.05) is 5.32 Å². The van der Waals surface area contributed by atoms with E-state index in [1.54, 1.807) is 0 Å². The lowest BCUT2D eigenvalue weighted by Gasteiger charge is -2.13. The number of aryl methyl sites for hydroxylation is 1. The summed E-state index contributed by atoms with van der Waals surface area (Å²) in [5, 5.41) is 22.4. The van der Waals surface area contributed by atoms with Crippen LogP contribution in [0.5, 0.6) is 0 Å². The van der Waals surface area contributed by atoms with E-state index in [-0.39, 0.29) is 5.88 Å². The van der Waals surface area contributed by atoms with Crippen molar-refractivity contribution < 1.29 is 5.11 Å². The Labute approximate surface area is 154 Å². The topological polar surface area (TPSA) is 78.8 Å². The van der Waals surface area contributed by atoms with E-state index in [0.29, 0.717) is 16.9 Å². The van der Waals surface area contributed by atoms with E-state index >= 15 is 0 Å². The molecule has 0 fully saturated rings. The quantitative estimate of drug-likeness (QED) is 0.453. The third kappa shape index (κ3) is 2.70. The van der Waals surface area contributed by atoms with Gasteiger partial charge in [0.1, 0.15) is 5.15 Å². The average molecular weight is 366 g/mol. The van der Waals surface area contributed by atoms with Gasteiger partial charge in [0.15, 0.2) is 11.7 Å². The Balaban J connectivity index is 2.03. The van der Waals surface area contributed by atoms with Crippen LogP contribution in [0.3, 0.4) is 0 Å². The molecule has 0 saturated carbocycles. The molecule has 2 aromatic heterocycles. The van der Waals surface area contributed by atoms with Crippen LogP contribution in [0, 0.1) is 6.92 Å². The van der Waals surface area contributed by atoms with Crippen molar-refractivity contribution in [3.8, 4) is 17.1 Å². The molecule has 0 radical (unpaired) electrons. The molecular weight excluding hydrogens is 350 g/mol. The van der Waals surface area contributed by atoms with Gasteiger partial charge in [-0.2, -0.15) is 0 Å². The lowest BCUT2D eigenvalue weighted by molar-refractivity contribution is 0.421. The van der Waals surface area contributed by atoms with Crippen LogP contribution in [0.4, 0.5) is 5.95 Å². The van der Waals surface area contributed by atoms with E-state index < -0.39 is 0 Å². The summed E-state index contributed by atoms with van der Waals surface area (Å²) in [5.41, 5.74) is 3.73. The van der Waals surface area contributed by atoms with E-state index in [1.165, 1.54) is 0 Å². The molecule has 0 bridgehead atoms. The lowest BCUT2D eigenvalue weighted by Crippen LogP contribution is -2.07. The second-order valence-electron chi connectivity index (χ2n) is 5.92. The molecule has 3 N–H and O–H groups in total. The molecule has 4 rings (SSSR count). The van der Waals surface area contributed by atoms with Gasteiger partial charge >= 0.3 is 0 Å². The lowest BCUT2D eigenvalue weighted by atomic mass is 10.1. The van der Waals surface area contributed by atoms with Crippen molar-refractivity contribution in [2.45, 2.75) is 6.92 Å². The van der Waals surface area contributed by atoms with Gasteiger partial charge in [-0.3, -0.25) is 9.88 Å². The number of fused-ring (bicyclic) bond motifs is 1. The second-order valence-corrected chi connectivity index (χ2v) is 6.33. The van der Waals surface area contributed by atoms with Gasteiger partial charge in [-0.05, 0) is 37.3 Å². The third-order valence-corrected chi connectivity index (χ3v) is 4.36. The maximum atomic E-state index is 9.62. The molecule has 2 heterocycles. The molecular formula is C19H16ClN5O. The number of nitrogens with zero attached hydrogens (tertiary/aromatic N) is 3. The molecule has 0 spiro atoms. The molecule has 0 saturated heterocycles. The normalized spacial score (nSPS) is 11.0. The van der Waals surface area contributed by atoms with Crippen LogP contribution in [0.2, 0.25) is 5.15 Å². The molecule has 0 aliphatic rings. The Morgan fingerprint density at radius 1 is 1.19 bits per heavy atom. The van der Waals surface area contributed by atoms with E-state index in [0.717, 1.165) is 27.7 Å². The Hall–Kier alpha value is -3.25. The SMILES string of the molecule is C=C(O)Nc1nnc(-c2ccccc2C)n1-c1cccc2[nH]c(Cl)cc12. The first kappa shape index (κ1) is 16.2. The summed E-state index contributed by atoms with van der Waals surface area (Å²) < 4.78 is 1.84. The zero-order valence-corrected chi connectivity index (χ0v) is 14.7. The molecule has 0 aliphatic heterocycles. The molecule has 6 nitrogen and oxygen atoms in total. The number of aromatic amines is 1. The predicted molar refractivity (Wildman–Crippen MR) is 104 cm³/mol. The fourth-order valence-corrected chi connectivity index (χ4v) is 3.23. The Kier molecular flexibility index (Phi) is 3.89. The van der Waals surface area contributed by atoms with Crippen molar-refractivity contribution >= 4 is 28.5 Å². The van der Waals surface area contributed by atoms with E-state index in [9.17, 15) is 5.11 Å². The molecule has 2 aromatic carbocycles. The molecule has 26 heavy (non-hydrogen) atoms. The van der Waals surface area contributed by atoms with E-state index in [4.69, 9.17) is 11.6 Å². The summed E-state index contributed by atoms with van der Waals surface area (Å²) in [6.45, 7) is 5.50. The highest BCUT2D eigenvalue weighted by Crippen LogP contribution is 2.32. The third-order valence-electron chi connectivity index (χ3n) is 4.15. The van der Waals surface area contributed by atoms with E-state index in [1.807, 2.05) is 60.0 Å². The van der Waals surface area contributed by atoms with Crippen LogP contribution >= 0.6 is 11.6 Å². The minimum absolute atomic E-state index is 0.214. The van der Waals surface area contributed by atoms with Crippen molar-refractivity contribution in [3.05, 3.63) is 71.7 Å². The minimum atomic E-state index is -0.214. The fraction of sp³-hybridized carbons (Fsp3) is 0.0526. The van der Waals surface area contributed by atoms with Crippen LogP contribution in [0.15, 0.2) is 61.0 Å². The number of hydrogen-bond acceptors (Lipinski definition) is 4. The van der Waals surface area contributed by atoms with Crippen molar-refractivity contribution in [1.82, 2.24) is 19.7 Å². The van der Waals surface area contributed by atoms with Gasteiger partial charge in [0.05, 0.1) is 5.69 Å². The van der Waals surface area contributed by atoms with Crippen LogP contribution < -0.4 is 5.32 Å². The van der Waals surface area contributed by atoms with E-state index in [2.05, 4.69) is 27.1 Å². The summed E-state index contributed by atoms with van der Waals surface area (Å²) in [5.74, 6) is 0.798. The number of nitrogens with one attached hydrogen (secondary N) is 2. The fourth-order valence-electron chi connectivity index (χ4n) is 3.02. The highest BCUT2D eigenvalue weighted by atomic mass is 35.5. The summed E-state index contributed by atoms with van der Waals surface area (Å²) in [6.07, 6.45) is 0. The van der Waals surface area contributed by atoms with Gasteiger partial charge in [-0.1, -0.05) is 41.9 Å². The van der Waals surface area contributed by atoms with Gasteiger partial charge in [-0.25, -0.2) is 0 Å². The highest BCUT2D eigenvalue weighted by Gasteiger charge is 2.19. The first-order valence-corrected chi connectivity index (χ1v) is 8.36. The smallest absolute Gasteiger partial charge is 0.236 e. The summed E-state index contributed by atoms with van der Waals surface area (Å²) >= 11 is 6.16. The number of H-pyrrole nitrogens is 1. The Bertz CT molecular complexity index is 1130. The number of aliphatic hydroxyl groups excluding tert-OH is 1. The molecule has 0 unspecified atom stereocenters. The van der Waals surface area contributed by atoms with Crippen molar-refractivity contribution in [2.24, 2.45) is 0 Å². The molecule has 4 aromatic rings. The maximum absolute atomic E-state index is 9.62. The first-order chi connectivity index (χ1) is 12.5. The Morgan fingerprint density at radius 2 is 2.00 bits per heavy atom. The van der Waals surface area contributed by atoms with Crippen LogP contribution in [-0.4, -0.2) is 24.9 Å². The molecule has 0 atom stereocenters. The molecule has 7 heteroatoms. The number of hydrogen-bond donors (Lipinski definition) is 3. The zero-order chi connectivity index (χ0) is 18.3. The first-order valence-electron chi connectivity index (χ1n) is 7.98. The minimum Gasteiger partial charge on any atom is -0.495 e. The van der Waals surface area contributed by atoms with Gasteiger partial charge in [-0.15, -0.1) is 10.2 Å². The van der Waals surface area contributed by atoms with Crippen molar-refractivity contribution in [1.29, 1.82) is 0 Å². The number of benzene rings is 2. The zero-order valence-electron chi connectivity index (χ0n) is 14.0.